The van der Waals surface area contributed by atoms with Crippen LogP contribution in [0.3, 0.4) is 0 Å². The number of nitrogens with zero attached hydrogens (tertiary/aromatic N) is 1. The molecule has 0 bridgehead atoms. The van der Waals surface area contributed by atoms with Gasteiger partial charge in [-0.25, -0.2) is 0 Å². The molecule has 0 aliphatic rings. The first kappa shape index (κ1) is 16.3. The highest BCUT2D eigenvalue weighted by Gasteiger charge is 2.17. The topological polar surface area (TPSA) is 23.5 Å². The molecule has 0 radical (unpaired) electrons. The second kappa shape index (κ2) is 7.81. The van der Waals surface area contributed by atoms with Crippen LogP contribution in [0.25, 0.3) is 5.57 Å². The molecule has 116 valence electrons. The standard InChI is InChI=1S/C20H25NO/c1-4-20(17-11-8-12-19(22)14-17)18(15-21(2)3)13-16-9-6-5-7-10-16/h4-12,14,18,22H,13,15H2,1-3H3. The third-order valence-corrected chi connectivity index (χ3v) is 3.84. The summed E-state index contributed by atoms with van der Waals surface area (Å²) in [7, 11) is 4.21. The van der Waals surface area contributed by atoms with Crippen molar-refractivity contribution in [2.45, 2.75) is 13.3 Å². The van der Waals surface area contributed by atoms with Gasteiger partial charge in [0, 0.05) is 12.5 Å². The lowest BCUT2D eigenvalue weighted by atomic mass is 9.86. The van der Waals surface area contributed by atoms with Gasteiger partial charge >= 0.3 is 0 Å². The van der Waals surface area contributed by atoms with Crippen molar-refractivity contribution in [1.82, 2.24) is 4.90 Å². The van der Waals surface area contributed by atoms with Gasteiger partial charge in [0.2, 0.25) is 0 Å². The zero-order valence-electron chi connectivity index (χ0n) is 13.7. The van der Waals surface area contributed by atoms with Gasteiger partial charge in [0.15, 0.2) is 0 Å². The summed E-state index contributed by atoms with van der Waals surface area (Å²) in [4.78, 5) is 2.22. The predicted octanol–water partition coefficient (Wildman–Crippen LogP) is 4.22. The maximum Gasteiger partial charge on any atom is 0.116 e. The molecule has 2 aromatic carbocycles. The van der Waals surface area contributed by atoms with Gasteiger partial charge in [-0.2, -0.15) is 0 Å². The van der Waals surface area contributed by atoms with Crippen LogP contribution in [0.4, 0.5) is 0 Å². The quantitative estimate of drug-likeness (QED) is 0.862. The van der Waals surface area contributed by atoms with E-state index in [1.165, 1.54) is 11.1 Å². The van der Waals surface area contributed by atoms with Gasteiger partial charge in [-0.05, 0) is 56.3 Å². The normalized spacial score (nSPS) is 13.4. The lowest BCUT2D eigenvalue weighted by Crippen LogP contribution is -2.24. The molecular weight excluding hydrogens is 270 g/mol. The second-order valence-corrected chi connectivity index (χ2v) is 5.94. The third kappa shape index (κ3) is 4.47. The summed E-state index contributed by atoms with van der Waals surface area (Å²) < 4.78 is 0. The van der Waals surface area contributed by atoms with Crippen molar-refractivity contribution < 1.29 is 5.11 Å². The molecule has 0 amide bonds. The molecule has 2 nitrogen and oxygen atoms in total. The van der Waals surface area contributed by atoms with E-state index in [0.717, 1.165) is 18.5 Å². The first-order chi connectivity index (χ1) is 10.6. The Balaban J connectivity index is 2.30. The molecule has 0 heterocycles. The average Bonchev–Trinajstić information content (AvgIpc) is 2.48. The smallest absolute Gasteiger partial charge is 0.116 e. The molecule has 0 saturated carbocycles. The number of phenols is 1. The largest absolute Gasteiger partial charge is 0.508 e. The molecule has 0 aliphatic carbocycles. The predicted molar refractivity (Wildman–Crippen MR) is 93.9 cm³/mol. The maximum atomic E-state index is 9.77. The Morgan fingerprint density at radius 1 is 1.09 bits per heavy atom. The average molecular weight is 295 g/mol. The van der Waals surface area contributed by atoms with Crippen LogP contribution in [0.5, 0.6) is 5.75 Å². The summed E-state index contributed by atoms with van der Waals surface area (Å²) in [6, 6.07) is 18.1. The van der Waals surface area contributed by atoms with Crippen molar-refractivity contribution in [3.63, 3.8) is 0 Å². The monoisotopic (exact) mass is 295 g/mol. The second-order valence-electron chi connectivity index (χ2n) is 5.94. The van der Waals surface area contributed by atoms with Crippen LogP contribution in [0, 0.1) is 5.92 Å². The number of phenolic OH excluding ortho intramolecular Hbond substituents is 1. The number of benzene rings is 2. The van der Waals surface area contributed by atoms with Gasteiger partial charge in [-0.15, -0.1) is 0 Å². The lowest BCUT2D eigenvalue weighted by Gasteiger charge is -2.24. The molecule has 1 atom stereocenters. The van der Waals surface area contributed by atoms with Gasteiger partial charge in [0.25, 0.3) is 0 Å². The summed E-state index contributed by atoms with van der Waals surface area (Å²) in [6.45, 7) is 3.05. The number of hydrogen-bond acceptors (Lipinski definition) is 2. The van der Waals surface area contributed by atoms with E-state index in [4.69, 9.17) is 0 Å². The molecule has 0 aromatic heterocycles. The van der Waals surface area contributed by atoms with Gasteiger partial charge < -0.3 is 10.0 Å². The van der Waals surface area contributed by atoms with E-state index in [-0.39, 0.29) is 0 Å². The molecule has 0 fully saturated rings. The minimum atomic E-state index is 0.320. The Morgan fingerprint density at radius 2 is 1.82 bits per heavy atom. The van der Waals surface area contributed by atoms with Crippen LogP contribution in [0.1, 0.15) is 18.1 Å². The first-order valence-electron chi connectivity index (χ1n) is 7.74. The van der Waals surface area contributed by atoms with Crippen LogP contribution in [0.2, 0.25) is 0 Å². The fourth-order valence-corrected chi connectivity index (χ4v) is 2.94. The molecule has 1 unspecified atom stereocenters. The summed E-state index contributed by atoms with van der Waals surface area (Å²) in [5, 5.41) is 9.77. The van der Waals surface area contributed by atoms with E-state index in [0.29, 0.717) is 11.7 Å². The van der Waals surface area contributed by atoms with Gasteiger partial charge in [0.05, 0.1) is 0 Å². The Bertz CT molecular complexity index is 617. The van der Waals surface area contributed by atoms with Crippen molar-refractivity contribution in [3.8, 4) is 5.75 Å². The number of allylic oxidation sites excluding steroid dienone is 1. The zero-order chi connectivity index (χ0) is 15.9. The molecule has 2 aromatic rings. The van der Waals surface area contributed by atoms with E-state index in [9.17, 15) is 5.11 Å². The number of aromatic hydroxyl groups is 1. The van der Waals surface area contributed by atoms with Gasteiger partial charge in [0.1, 0.15) is 5.75 Å². The molecule has 2 heteroatoms. The highest BCUT2D eigenvalue weighted by Crippen LogP contribution is 2.29. The van der Waals surface area contributed by atoms with E-state index in [1.54, 1.807) is 6.07 Å². The van der Waals surface area contributed by atoms with Gasteiger partial charge in [-0.1, -0.05) is 48.5 Å². The van der Waals surface area contributed by atoms with Crippen LogP contribution in [-0.4, -0.2) is 30.6 Å². The Labute approximate surface area is 133 Å². The van der Waals surface area contributed by atoms with Crippen molar-refractivity contribution >= 4 is 5.57 Å². The summed E-state index contributed by atoms with van der Waals surface area (Å²) in [6.07, 6.45) is 3.17. The molecule has 0 saturated heterocycles. The molecule has 0 spiro atoms. The third-order valence-electron chi connectivity index (χ3n) is 3.84. The van der Waals surface area contributed by atoms with E-state index >= 15 is 0 Å². The lowest BCUT2D eigenvalue weighted by molar-refractivity contribution is 0.363. The fraction of sp³-hybridized carbons (Fsp3) is 0.300. The Hall–Kier alpha value is -2.06. The van der Waals surface area contributed by atoms with Crippen LogP contribution < -0.4 is 0 Å². The maximum absolute atomic E-state index is 9.77. The summed E-state index contributed by atoms with van der Waals surface area (Å²) in [5.41, 5.74) is 3.73. The van der Waals surface area contributed by atoms with E-state index in [1.807, 2.05) is 12.1 Å². The van der Waals surface area contributed by atoms with Crippen molar-refractivity contribution in [3.05, 3.63) is 71.8 Å². The van der Waals surface area contributed by atoms with Crippen LogP contribution >= 0.6 is 0 Å². The van der Waals surface area contributed by atoms with E-state index in [2.05, 4.69) is 68.4 Å². The summed E-state index contributed by atoms with van der Waals surface area (Å²) in [5.74, 6) is 0.712. The summed E-state index contributed by atoms with van der Waals surface area (Å²) >= 11 is 0. The molecule has 0 aliphatic heterocycles. The fourth-order valence-electron chi connectivity index (χ4n) is 2.94. The highest BCUT2D eigenvalue weighted by atomic mass is 16.3. The molecule has 22 heavy (non-hydrogen) atoms. The SMILES string of the molecule is CC=C(c1cccc(O)c1)C(Cc1ccccc1)CN(C)C. The Kier molecular flexibility index (Phi) is 5.79. The first-order valence-corrected chi connectivity index (χ1v) is 7.74. The van der Waals surface area contributed by atoms with Crippen molar-refractivity contribution in [2.75, 3.05) is 20.6 Å². The van der Waals surface area contributed by atoms with Crippen LogP contribution in [0.15, 0.2) is 60.7 Å². The molecule has 1 N–H and O–H groups in total. The minimum Gasteiger partial charge on any atom is -0.508 e. The van der Waals surface area contributed by atoms with Crippen LogP contribution in [-0.2, 0) is 6.42 Å². The highest BCUT2D eigenvalue weighted by molar-refractivity contribution is 5.68. The van der Waals surface area contributed by atoms with Gasteiger partial charge in [-0.3, -0.25) is 0 Å². The van der Waals surface area contributed by atoms with Crippen molar-refractivity contribution in [2.24, 2.45) is 5.92 Å². The van der Waals surface area contributed by atoms with E-state index < -0.39 is 0 Å². The number of hydrogen-bond donors (Lipinski definition) is 1. The zero-order valence-corrected chi connectivity index (χ0v) is 13.7. The molecule has 2 rings (SSSR count). The number of rotatable bonds is 6. The molecular formula is C20H25NO. The Morgan fingerprint density at radius 3 is 2.41 bits per heavy atom. The van der Waals surface area contributed by atoms with Crippen molar-refractivity contribution in [1.29, 1.82) is 0 Å². The minimum absolute atomic E-state index is 0.320.